The molecule has 1 N–H and O–H groups in total. The third-order valence-electron chi connectivity index (χ3n) is 7.02. The number of ether oxygens (including phenoxy) is 2. The number of benzene rings is 3. The van der Waals surface area contributed by atoms with Gasteiger partial charge in [-0.1, -0.05) is 48.0 Å². The maximum Gasteiger partial charge on any atom is 0.187 e. The number of rotatable bonds is 8. The van der Waals surface area contributed by atoms with Crippen LogP contribution >= 0.6 is 0 Å². The monoisotopic (exact) mass is 489 g/mol. The van der Waals surface area contributed by atoms with E-state index in [0.717, 1.165) is 28.9 Å². The van der Waals surface area contributed by atoms with Gasteiger partial charge in [-0.3, -0.25) is 9.69 Å². The van der Waals surface area contributed by atoms with Crippen LogP contribution in [0.25, 0.3) is 0 Å². The summed E-state index contributed by atoms with van der Waals surface area (Å²) in [5.74, 6) is 1.12. The van der Waals surface area contributed by atoms with Crippen LogP contribution in [0, 0.1) is 12.7 Å². The molecule has 3 aromatic rings. The van der Waals surface area contributed by atoms with Crippen molar-refractivity contribution in [3.8, 4) is 11.5 Å². The Morgan fingerprint density at radius 1 is 1.00 bits per heavy atom. The van der Waals surface area contributed by atoms with Crippen LogP contribution in [0.2, 0.25) is 0 Å². The first kappa shape index (κ1) is 24.5. The number of fused-ring (bicyclic) bond motifs is 2. The molecule has 0 saturated heterocycles. The molecule has 0 spiro atoms. The molecular formula is C30H32FNO4. The summed E-state index contributed by atoms with van der Waals surface area (Å²) in [5, 5.41) is 11.1. The summed E-state index contributed by atoms with van der Waals surface area (Å²) >= 11 is 0. The molecule has 0 amide bonds. The van der Waals surface area contributed by atoms with E-state index < -0.39 is 18.3 Å². The van der Waals surface area contributed by atoms with Crippen molar-refractivity contribution in [1.29, 1.82) is 0 Å². The van der Waals surface area contributed by atoms with Gasteiger partial charge in [-0.2, -0.15) is 0 Å². The highest BCUT2D eigenvalue weighted by atomic mass is 19.1. The largest absolute Gasteiger partial charge is 0.487 e. The molecule has 0 fully saturated rings. The van der Waals surface area contributed by atoms with Crippen LogP contribution in [0.5, 0.6) is 11.5 Å². The summed E-state index contributed by atoms with van der Waals surface area (Å²) in [5.41, 5.74) is 4.21. The second-order valence-electron chi connectivity index (χ2n) is 9.89. The molecule has 0 radical (unpaired) electrons. The Labute approximate surface area is 211 Å². The lowest BCUT2D eigenvalue weighted by Crippen LogP contribution is -2.46. The number of carbonyl (C=O) groups is 1. The van der Waals surface area contributed by atoms with Gasteiger partial charge in [-0.25, -0.2) is 4.39 Å². The van der Waals surface area contributed by atoms with E-state index in [4.69, 9.17) is 9.47 Å². The van der Waals surface area contributed by atoms with E-state index in [-0.39, 0.29) is 24.7 Å². The fourth-order valence-corrected chi connectivity index (χ4v) is 5.12. The van der Waals surface area contributed by atoms with Crippen LogP contribution in [0.1, 0.15) is 35.1 Å². The topological polar surface area (TPSA) is 59.0 Å². The summed E-state index contributed by atoms with van der Waals surface area (Å²) in [6.07, 6.45) is 0.977. The number of aliphatic hydroxyl groups excluding tert-OH is 1. The van der Waals surface area contributed by atoms with Crippen molar-refractivity contribution in [3.05, 3.63) is 94.8 Å². The molecule has 0 aliphatic carbocycles. The number of aryl methyl sites for hydroxylation is 3. The number of halogens is 1. The number of nitrogens with zero attached hydrogens (tertiary/aromatic N) is 1. The van der Waals surface area contributed by atoms with Crippen LogP contribution in [0.4, 0.5) is 4.39 Å². The van der Waals surface area contributed by atoms with Gasteiger partial charge < -0.3 is 14.6 Å². The number of hydrogen-bond donors (Lipinski definition) is 1. The Morgan fingerprint density at radius 2 is 1.72 bits per heavy atom. The molecule has 3 unspecified atom stereocenters. The summed E-state index contributed by atoms with van der Waals surface area (Å²) in [4.78, 5) is 15.3. The first-order valence-corrected chi connectivity index (χ1v) is 12.6. The molecule has 6 heteroatoms. The lowest BCUT2D eigenvalue weighted by molar-refractivity contribution is -0.128. The summed E-state index contributed by atoms with van der Waals surface area (Å²) in [7, 11) is 0. The quantitative estimate of drug-likeness (QED) is 0.499. The minimum Gasteiger partial charge on any atom is -0.487 e. The smallest absolute Gasteiger partial charge is 0.187 e. The lowest BCUT2D eigenvalue weighted by Gasteiger charge is -2.33. The van der Waals surface area contributed by atoms with Crippen LogP contribution in [-0.2, 0) is 24.2 Å². The average Bonchev–Trinajstić information content (AvgIpc) is 2.88. The zero-order valence-electron chi connectivity index (χ0n) is 20.5. The van der Waals surface area contributed by atoms with Gasteiger partial charge in [0, 0.05) is 13.1 Å². The Kier molecular flexibility index (Phi) is 7.35. The van der Waals surface area contributed by atoms with Gasteiger partial charge in [0.15, 0.2) is 11.9 Å². The van der Waals surface area contributed by atoms with Crippen molar-refractivity contribution in [1.82, 2.24) is 4.90 Å². The third-order valence-corrected chi connectivity index (χ3v) is 7.02. The van der Waals surface area contributed by atoms with E-state index in [1.54, 1.807) is 6.07 Å². The molecule has 5 rings (SSSR count). The molecule has 0 saturated carbocycles. The SMILES string of the molecule is Cc1ccc2c(c1)CCC(C(=O)CN(Cc1ccccc1)CC(O)C1CCc3cc(F)ccc3O1)O2. The number of hydrogen-bond acceptors (Lipinski definition) is 5. The second-order valence-corrected chi connectivity index (χ2v) is 9.89. The van der Waals surface area contributed by atoms with Crippen LogP contribution in [-0.4, -0.2) is 47.2 Å². The van der Waals surface area contributed by atoms with Gasteiger partial charge in [0.05, 0.1) is 6.54 Å². The molecular weight excluding hydrogens is 457 g/mol. The summed E-state index contributed by atoms with van der Waals surface area (Å²) in [6.45, 7) is 3.04. The van der Waals surface area contributed by atoms with E-state index in [1.165, 1.54) is 17.7 Å². The Hall–Kier alpha value is -3.22. The van der Waals surface area contributed by atoms with E-state index in [1.807, 2.05) is 47.4 Å². The molecule has 2 aliphatic heterocycles. The predicted molar refractivity (Wildman–Crippen MR) is 136 cm³/mol. The number of Topliss-reactive ketones (excluding diaryl/α,β-unsaturated/α-hetero) is 1. The maximum absolute atomic E-state index is 13.6. The average molecular weight is 490 g/mol. The van der Waals surface area contributed by atoms with Crippen molar-refractivity contribution in [3.63, 3.8) is 0 Å². The van der Waals surface area contributed by atoms with E-state index in [2.05, 4.69) is 13.0 Å². The zero-order chi connectivity index (χ0) is 25.1. The molecule has 0 aromatic heterocycles. The highest BCUT2D eigenvalue weighted by Crippen LogP contribution is 2.31. The highest BCUT2D eigenvalue weighted by Gasteiger charge is 2.31. The van der Waals surface area contributed by atoms with Crippen LogP contribution in [0.15, 0.2) is 66.7 Å². The minimum absolute atomic E-state index is 0.00902. The predicted octanol–water partition coefficient (Wildman–Crippen LogP) is 4.65. The normalized spacial score (nSPS) is 19.6. The molecule has 188 valence electrons. The van der Waals surface area contributed by atoms with Crippen molar-refractivity contribution >= 4 is 5.78 Å². The third kappa shape index (κ3) is 5.77. The van der Waals surface area contributed by atoms with E-state index in [0.29, 0.717) is 31.6 Å². The Bertz CT molecular complexity index is 1210. The lowest BCUT2D eigenvalue weighted by atomic mass is 9.97. The standard InChI is InChI=1S/C30H32FNO4/c1-20-7-11-27-22(15-20)8-12-29(35-27)25(33)18-32(17-21-5-3-2-4-6-21)19-26(34)30-13-9-23-16-24(31)10-14-28(23)36-30/h2-7,10-11,14-16,26,29-30,34H,8-9,12-13,17-19H2,1H3. The molecule has 3 atom stereocenters. The maximum atomic E-state index is 13.6. The highest BCUT2D eigenvalue weighted by molar-refractivity contribution is 5.85. The molecule has 2 aliphatic rings. The van der Waals surface area contributed by atoms with Crippen molar-refractivity contribution < 1.29 is 23.8 Å². The van der Waals surface area contributed by atoms with Gasteiger partial charge in [0.1, 0.15) is 29.5 Å². The fourth-order valence-electron chi connectivity index (χ4n) is 5.12. The molecule has 2 heterocycles. The summed E-state index contributed by atoms with van der Waals surface area (Å²) in [6, 6.07) is 20.5. The Morgan fingerprint density at radius 3 is 2.56 bits per heavy atom. The first-order chi connectivity index (χ1) is 17.4. The zero-order valence-corrected chi connectivity index (χ0v) is 20.5. The molecule has 36 heavy (non-hydrogen) atoms. The van der Waals surface area contributed by atoms with Gasteiger partial charge >= 0.3 is 0 Å². The molecule has 5 nitrogen and oxygen atoms in total. The summed E-state index contributed by atoms with van der Waals surface area (Å²) < 4.78 is 25.6. The van der Waals surface area contributed by atoms with E-state index >= 15 is 0 Å². The molecule has 0 bridgehead atoms. The van der Waals surface area contributed by atoms with Crippen LogP contribution < -0.4 is 9.47 Å². The fraction of sp³-hybridized carbons (Fsp3) is 0.367. The number of aliphatic hydroxyl groups is 1. The van der Waals surface area contributed by atoms with E-state index in [9.17, 15) is 14.3 Å². The van der Waals surface area contributed by atoms with Gasteiger partial charge in [0.25, 0.3) is 0 Å². The van der Waals surface area contributed by atoms with Crippen molar-refractivity contribution in [2.45, 2.75) is 57.5 Å². The molecule has 3 aromatic carbocycles. The number of carbonyl (C=O) groups excluding carboxylic acids is 1. The minimum atomic E-state index is -0.796. The van der Waals surface area contributed by atoms with Gasteiger partial charge in [-0.15, -0.1) is 0 Å². The van der Waals surface area contributed by atoms with Gasteiger partial charge in [0.2, 0.25) is 0 Å². The second kappa shape index (κ2) is 10.8. The van der Waals surface area contributed by atoms with Crippen LogP contribution in [0.3, 0.4) is 0 Å². The van der Waals surface area contributed by atoms with Gasteiger partial charge in [-0.05, 0) is 73.6 Å². The Balaban J connectivity index is 1.26. The number of ketones is 1. The van der Waals surface area contributed by atoms with Crippen molar-refractivity contribution in [2.24, 2.45) is 0 Å². The van der Waals surface area contributed by atoms with Crippen molar-refractivity contribution in [2.75, 3.05) is 13.1 Å². The first-order valence-electron chi connectivity index (χ1n) is 12.6.